The molecule has 2 aromatic rings. The van der Waals surface area contributed by atoms with Gasteiger partial charge in [-0.15, -0.1) is 0 Å². The average Bonchev–Trinajstić information content (AvgIpc) is 1.15. The Balaban J connectivity index is 1.17. The van der Waals surface area contributed by atoms with Gasteiger partial charge in [0.25, 0.3) is 17.7 Å². The number of carbonyl (C=O) groups is 11. The van der Waals surface area contributed by atoms with Gasteiger partial charge in [0.15, 0.2) is 11.9 Å². The predicted molar refractivity (Wildman–Crippen MR) is 392 cm³/mol. The van der Waals surface area contributed by atoms with Crippen molar-refractivity contribution in [3.05, 3.63) is 77.9 Å². The average molecular weight is 1460 g/mol. The number of hydrogen-bond acceptors (Lipinski definition) is 18. The Morgan fingerprint density at radius 1 is 0.654 bits per heavy atom. The number of anilines is 1. The molecule has 5 rings (SSSR count). The molecule has 3 heterocycles. The number of Topliss-reactive ketones (excluding diaryl/α,β-unsaturated/α-hetero) is 1. The van der Waals surface area contributed by atoms with E-state index in [1.807, 2.05) is 97.8 Å². The minimum atomic E-state index is -1.92. The number of amides is 10. The van der Waals surface area contributed by atoms with Crippen LogP contribution in [0.2, 0.25) is 0 Å². The Kier molecular flexibility index (Phi) is 35.7. The Bertz CT molecular complexity index is 3160. The number of unbranched alkanes of at least 4 members (excludes halogenated alkanes) is 3. The quantitative estimate of drug-likeness (QED) is 0.0332. The minimum absolute atomic E-state index is 0.00479. The van der Waals surface area contributed by atoms with Crippen molar-refractivity contribution in [2.75, 3.05) is 59.8 Å². The molecule has 2 aromatic carbocycles. The van der Waals surface area contributed by atoms with Crippen molar-refractivity contribution in [3.8, 4) is 0 Å². The SMILES string of the molecule is CCCCC(NC(=O)[C@H](NC(=O)[C@H]1O[C@@H](CNC(=O)CCCCCN2C(=O)C=CC2=O)C(O)[C@@H](O)C1O)C(C)C)C(=O)Nc1ccc(CCNC(=O)[C@H](Cc2ccccc2)NC(=O)C(C)C(OC)C2CCCN2C(=O)CC(OC)C(C(C)CC)C(C)C(=O)[C@@H](NC(=O)C(C(C)C)N(C)C)C(C)C)cc1. The summed E-state index contributed by atoms with van der Waals surface area (Å²) in [5.74, 6) is -7.39. The number of carbonyl (C=O) groups excluding carboxylic acids is 11. The van der Waals surface area contributed by atoms with E-state index in [1.165, 1.54) is 19.3 Å². The van der Waals surface area contributed by atoms with Crippen LogP contribution < -0.4 is 37.2 Å². The summed E-state index contributed by atoms with van der Waals surface area (Å²) in [6.45, 7) is 21.2. The number of rotatable bonds is 43. The fraction of sp³-hybridized carbons (Fsp3) is 0.675. The second kappa shape index (κ2) is 42.6. The highest BCUT2D eigenvalue weighted by atomic mass is 16.5. The fourth-order valence-electron chi connectivity index (χ4n) is 14.3. The molecule has 0 radical (unpaired) electrons. The Morgan fingerprint density at radius 3 is 1.88 bits per heavy atom. The first-order chi connectivity index (χ1) is 49.3. The standard InChI is InChI=1S/C77H120N10O17/c1-16-18-28-53(81-75(99)64(45(5)6)84-77(101)71-69(95)68(94)67(93)57(104-71)43-79-58(88)30-23-20-24-39-87-59(89)35-36-60(87)90)74(98)80-52-33-31-50(32-34-52)37-38-78-73(97)54(41-51-26-21-19-22-27-51)82-72(96)49(11)70(103-15)55-29-25-40-86(55)61(91)42-56(102-14)62(47(9)17-2)48(10)66(92)63(44(3)4)83-76(100)65(46(7)8)85(12)13/h19,21-22,26-27,31-36,44-49,53-57,62-65,67-71,93-95H,16-18,20,23-25,28-30,37-43H2,1-15H3,(H,78,97)(H,79,88)(H,80,98)(H,81,99)(H,82,96)(H,83,100)(H,84,101)/t47?,48?,49?,53?,54-,55?,56?,57-,62?,63-,64+,65?,67?,68+,69?,70?,71-/m0/s1. The lowest BCUT2D eigenvalue weighted by Crippen LogP contribution is -2.65. The van der Waals surface area contributed by atoms with Crippen LogP contribution in [0.1, 0.15) is 158 Å². The molecule has 10 amide bonds. The molecule has 580 valence electrons. The van der Waals surface area contributed by atoms with Gasteiger partial charge >= 0.3 is 0 Å². The third-order valence-electron chi connectivity index (χ3n) is 20.6. The Labute approximate surface area is 614 Å². The number of nitrogens with one attached hydrogen (secondary N) is 7. The molecule has 0 bridgehead atoms. The van der Waals surface area contributed by atoms with E-state index in [2.05, 4.69) is 44.1 Å². The van der Waals surface area contributed by atoms with Gasteiger partial charge in [0.05, 0.1) is 42.7 Å². The van der Waals surface area contributed by atoms with Crippen molar-refractivity contribution >= 4 is 70.5 Å². The van der Waals surface area contributed by atoms with Crippen molar-refractivity contribution in [1.82, 2.24) is 46.6 Å². The van der Waals surface area contributed by atoms with E-state index in [0.717, 1.165) is 16.0 Å². The van der Waals surface area contributed by atoms with Gasteiger partial charge in [0, 0.05) is 77.0 Å². The van der Waals surface area contributed by atoms with Crippen molar-refractivity contribution in [1.29, 1.82) is 0 Å². The molecule has 104 heavy (non-hydrogen) atoms. The molecule has 11 unspecified atom stereocenters. The zero-order chi connectivity index (χ0) is 77.2. The maximum atomic E-state index is 14.7. The molecule has 3 aliphatic heterocycles. The first-order valence-corrected chi connectivity index (χ1v) is 37.3. The van der Waals surface area contributed by atoms with Crippen LogP contribution in [0.25, 0.3) is 0 Å². The van der Waals surface area contributed by atoms with Crippen molar-refractivity contribution < 1.29 is 82.3 Å². The molecule has 3 aliphatic rings. The van der Waals surface area contributed by atoms with Crippen molar-refractivity contribution in [2.45, 2.75) is 239 Å². The van der Waals surface area contributed by atoms with Gasteiger partial charge in [0.2, 0.25) is 41.4 Å². The molecule has 27 nitrogen and oxygen atoms in total. The van der Waals surface area contributed by atoms with Gasteiger partial charge in [0.1, 0.15) is 42.5 Å². The van der Waals surface area contributed by atoms with Gasteiger partial charge in [-0.25, -0.2) is 0 Å². The first kappa shape index (κ1) is 87.1. The van der Waals surface area contributed by atoms with Crippen LogP contribution in [-0.4, -0.2) is 228 Å². The number of methoxy groups -OCH3 is 2. The number of likely N-dealkylation sites (tertiary alicyclic amines) is 1. The number of ether oxygens (including phenoxy) is 3. The van der Waals surface area contributed by atoms with E-state index in [-0.39, 0.29) is 98.4 Å². The highest BCUT2D eigenvalue weighted by Crippen LogP contribution is 2.35. The second-order valence-corrected chi connectivity index (χ2v) is 29.6. The molecular weight excluding hydrogens is 1340 g/mol. The number of hydrogen-bond donors (Lipinski definition) is 10. The third-order valence-corrected chi connectivity index (χ3v) is 20.6. The summed E-state index contributed by atoms with van der Waals surface area (Å²) >= 11 is 0. The highest BCUT2D eigenvalue weighted by Gasteiger charge is 2.49. The molecule has 27 heteroatoms. The third kappa shape index (κ3) is 24.8. The van der Waals surface area contributed by atoms with E-state index in [4.69, 9.17) is 14.2 Å². The summed E-state index contributed by atoms with van der Waals surface area (Å²) in [5, 5.41) is 52.4. The zero-order valence-electron chi connectivity index (χ0n) is 63.8. The largest absolute Gasteiger partial charge is 0.388 e. The number of imide groups is 1. The molecule has 2 fully saturated rings. The van der Waals surface area contributed by atoms with E-state index >= 15 is 0 Å². The monoisotopic (exact) mass is 1460 g/mol. The van der Waals surface area contributed by atoms with E-state index in [9.17, 15) is 68.1 Å². The molecule has 10 N–H and O–H groups in total. The minimum Gasteiger partial charge on any atom is -0.388 e. The summed E-state index contributed by atoms with van der Waals surface area (Å²) in [4.78, 5) is 154. The summed E-state index contributed by atoms with van der Waals surface area (Å²) in [7, 11) is 6.75. The summed E-state index contributed by atoms with van der Waals surface area (Å²) in [5.41, 5.74) is 2.03. The Morgan fingerprint density at radius 2 is 1.30 bits per heavy atom. The Hall–Kier alpha value is -7.53. The van der Waals surface area contributed by atoms with Crippen LogP contribution in [0.4, 0.5) is 5.69 Å². The van der Waals surface area contributed by atoms with E-state index < -0.39 is 132 Å². The summed E-state index contributed by atoms with van der Waals surface area (Å²) in [6, 6.07) is 11.2. The van der Waals surface area contributed by atoms with Crippen LogP contribution in [0.3, 0.4) is 0 Å². The maximum Gasteiger partial charge on any atom is 0.253 e. The molecule has 17 atom stereocenters. The van der Waals surface area contributed by atoms with Crippen molar-refractivity contribution in [3.63, 3.8) is 0 Å². The van der Waals surface area contributed by atoms with Crippen LogP contribution >= 0.6 is 0 Å². The maximum absolute atomic E-state index is 14.7. The first-order valence-electron chi connectivity index (χ1n) is 37.3. The van der Waals surface area contributed by atoms with Crippen LogP contribution in [0, 0.1) is 41.4 Å². The fourth-order valence-corrected chi connectivity index (χ4v) is 14.3. The molecule has 0 aliphatic carbocycles. The topological polar surface area (TPSA) is 370 Å². The lowest BCUT2D eigenvalue weighted by atomic mass is 9.73. The van der Waals surface area contributed by atoms with Crippen LogP contribution in [0.5, 0.6) is 0 Å². The molecule has 0 aromatic heterocycles. The van der Waals surface area contributed by atoms with E-state index in [0.29, 0.717) is 70.0 Å². The number of likely N-dealkylation sites (N-methyl/N-ethyl adjacent to an activating group) is 1. The van der Waals surface area contributed by atoms with Crippen LogP contribution in [0.15, 0.2) is 66.7 Å². The van der Waals surface area contributed by atoms with Gasteiger partial charge in [-0.1, -0.05) is 144 Å². The molecule has 0 saturated carbocycles. The normalized spacial score (nSPS) is 21.5. The second-order valence-electron chi connectivity index (χ2n) is 29.6. The molecular formula is C77H120N10O17. The van der Waals surface area contributed by atoms with Crippen molar-refractivity contribution in [2.24, 2.45) is 41.4 Å². The number of aliphatic hydroxyl groups excluding tert-OH is 3. The molecule has 2 saturated heterocycles. The van der Waals surface area contributed by atoms with Gasteiger partial charge < -0.3 is 71.6 Å². The van der Waals surface area contributed by atoms with Gasteiger partial charge in [-0.2, -0.15) is 0 Å². The zero-order valence-corrected chi connectivity index (χ0v) is 63.8. The number of ketones is 1. The number of nitrogens with zero attached hydrogens (tertiary/aromatic N) is 3. The highest BCUT2D eigenvalue weighted by molar-refractivity contribution is 6.12. The van der Waals surface area contributed by atoms with E-state index in [1.54, 1.807) is 57.0 Å². The van der Waals surface area contributed by atoms with Crippen LogP contribution in [-0.2, 0) is 79.8 Å². The smallest absolute Gasteiger partial charge is 0.253 e. The number of benzene rings is 2. The predicted octanol–water partition coefficient (Wildman–Crippen LogP) is 3.92. The molecule has 0 spiro atoms. The summed E-state index contributed by atoms with van der Waals surface area (Å²) in [6.07, 6.45) is -2.16. The lowest BCUT2D eigenvalue weighted by Gasteiger charge is -2.40. The summed E-state index contributed by atoms with van der Waals surface area (Å²) < 4.78 is 18.0. The van der Waals surface area contributed by atoms with Gasteiger partial charge in [-0.3, -0.25) is 62.5 Å². The van der Waals surface area contributed by atoms with Gasteiger partial charge in [-0.05, 0) is 105 Å². The lowest BCUT2D eigenvalue weighted by molar-refractivity contribution is -0.219. The number of aliphatic hydroxyl groups is 3.